The van der Waals surface area contributed by atoms with E-state index in [2.05, 4.69) is 15.3 Å². The fourth-order valence-electron chi connectivity index (χ4n) is 8.52. The lowest BCUT2D eigenvalue weighted by Crippen LogP contribution is -2.28. The summed E-state index contributed by atoms with van der Waals surface area (Å²) in [5.74, 6) is -4.38. The Morgan fingerprint density at radius 2 is 0.739 bits per heavy atom. The topological polar surface area (TPSA) is 232 Å². The third-order valence-corrected chi connectivity index (χ3v) is 11.9. The van der Waals surface area contributed by atoms with E-state index in [1.54, 1.807) is 60.7 Å². The monoisotopic (exact) mass is 909 g/mol. The second-order valence-electron chi connectivity index (χ2n) is 16.2. The number of hydrogen-bond donors (Lipinski definition) is 6. The zero-order valence-corrected chi connectivity index (χ0v) is 36.0. The molecule has 3 aromatic heterocycles. The van der Waals surface area contributed by atoms with Gasteiger partial charge >= 0.3 is 17.9 Å². The number of allylic oxidation sites excluding steroid dienone is 3. The molecule has 5 heterocycles. The molecular formula is C55H35N5O9. The fourth-order valence-corrected chi connectivity index (χ4v) is 8.52. The van der Waals surface area contributed by atoms with E-state index in [9.17, 15) is 44.1 Å². The highest BCUT2D eigenvalue weighted by Crippen LogP contribution is 2.39. The Hall–Kier alpha value is -9.82. The molecule has 0 fully saturated rings. The third kappa shape index (κ3) is 8.36. The summed E-state index contributed by atoms with van der Waals surface area (Å²) in [5.41, 5.74) is 10.8. The zero-order chi connectivity index (χ0) is 47.9. The summed E-state index contributed by atoms with van der Waals surface area (Å²) in [7, 11) is 0. The molecule has 8 bridgehead atoms. The number of hydrogen-bond acceptors (Lipinski definition) is 8. The number of benzene rings is 4. The molecule has 1 amide bonds. The highest BCUT2D eigenvalue weighted by molar-refractivity contribution is 6.17. The standard InChI is InChI=1S/C55H35N5O9/c61-38-17-26-47(62)37(27-38)28-56-52(63)33-9-1-29(2-10-33)48-39-18-20-41(57-39)49(30-3-11-34(12-4-30)53(64)65)43-22-24-45(59-43)51(32-7-15-36(16-8-32)55(68)69)46-25-23-44(60-46)50(42-21-19-40(48)58-42)31-5-13-35(14-6-31)54(66)67/h1-27,57,60H,28H2,(H,56,63)(H,64,65)(H,66,67)(H,68,69). The molecule has 2 aliphatic heterocycles. The van der Waals surface area contributed by atoms with Crippen molar-refractivity contribution < 1.29 is 44.1 Å². The molecule has 0 saturated heterocycles. The summed E-state index contributed by atoms with van der Waals surface area (Å²) in [4.78, 5) is 90.9. The molecule has 0 saturated carbocycles. The zero-order valence-electron chi connectivity index (χ0n) is 36.0. The van der Waals surface area contributed by atoms with Crippen molar-refractivity contribution in [1.82, 2.24) is 25.3 Å². The van der Waals surface area contributed by atoms with E-state index in [0.717, 1.165) is 0 Å². The predicted molar refractivity (Wildman–Crippen MR) is 261 cm³/mol. The number of amides is 1. The average molecular weight is 910 g/mol. The minimum Gasteiger partial charge on any atom is -0.478 e. The number of fused-ring (bicyclic) bond motifs is 8. The van der Waals surface area contributed by atoms with Crippen molar-refractivity contribution in [2.24, 2.45) is 0 Å². The van der Waals surface area contributed by atoms with Crippen LogP contribution in [0.25, 0.3) is 90.9 Å². The van der Waals surface area contributed by atoms with E-state index in [1.807, 2.05) is 48.6 Å². The van der Waals surface area contributed by atoms with E-state index >= 15 is 0 Å². The van der Waals surface area contributed by atoms with Crippen molar-refractivity contribution in [3.05, 3.63) is 190 Å². The van der Waals surface area contributed by atoms with Gasteiger partial charge in [-0.2, -0.15) is 0 Å². The molecule has 0 unspecified atom stereocenters. The van der Waals surface area contributed by atoms with Crippen LogP contribution in [-0.2, 0) is 9.59 Å². The van der Waals surface area contributed by atoms with Crippen LogP contribution < -0.4 is 5.32 Å². The van der Waals surface area contributed by atoms with Crippen molar-refractivity contribution in [3.8, 4) is 44.5 Å². The summed E-state index contributed by atoms with van der Waals surface area (Å²) in [6.45, 7) is -0.130. The number of nitrogens with one attached hydrogen (secondary N) is 3. The molecule has 6 N–H and O–H groups in total. The Kier molecular flexibility index (Phi) is 10.9. The maximum atomic E-state index is 13.4. The van der Waals surface area contributed by atoms with Gasteiger partial charge in [0.05, 0.1) is 39.5 Å². The number of carbonyl (C=O) groups excluding carboxylic acids is 3. The van der Waals surface area contributed by atoms with E-state index in [4.69, 9.17) is 9.97 Å². The fraction of sp³-hybridized carbons (Fsp3) is 0.0182. The second-order valence-corrected chi connectivity index (χ2v) is 16.2. The van der Waals surface area contributed by atoms with Gasteiger partial charge in [0.1, 0.15) is 0 Å². The third-order valence-electron chi connectivity index (χ3n) is 11.9. The first-order valence-corrected chi connectivity index (χ1v) is 21.4. The lowest BCUT2D eigenvalue weighted by Gasteiger charge is -2.10. The Morgan fingerprint density at radius 1 is 0.420 bits per heavy atom. The van der Waals surface area contributed by atoms with E-state index < -0.39 is 23.8 Å². The molecule has 1 aliphatic carbocycles. The first kappa shape index (κ1) is 43.1. The number of H-pyrrole nitrogens is 2. The van der Waals surface area contributed by atoms with Gasteiger partial charge in [0, 0.05) is 62.0 Å². The van der Waals surface area contributed by atoms with Gasteiger partial charge in [0.25, 0.3) is 5.91 Å². The lowest BCUT2D eigenvalue weighted by atomic mass is 10.0. The van der Waals surface area contributed by atoms with E-state index in [0.29, 0.717) is 94.9 Å². The predicted octanol–water partition coefficient (Wildman–Crippen LogP) is 9.78. The first-order chi connectivity index (χ1) is 33.4. The smallest absolute Gasteiger partial charge is 0.335 e. The van der Waals surface area contributed by atoms with Crippen LogP contribution in [0.15, 0.2) is 145 Å². The minimum atomic E-state index is -1.08. The number of aromatic nitrogens is 4. The summed E-state index contributed by atoms with van der Waals surface area (Å²) in [6, 6.07) is 33.8. The van der Waals surface area contributed by atoms with Gasteiger partial charge in [-0.25, -0.2) is 24.4 Å². The van der Waals surface area contributed by atoms with Crippen LogP contribution in [-0.4, -0.2) is 77.2 Å². The molecule has 0 radical (unpaired) electrons. The molecule has 4 aromatic carbocycles. The number of ketones is 2. The molecule has 3 aliphatic rings. The Balaban J connectivity index is 1.23. The number of rotatable bonds is 10. The molecular weight excluding hydrogens is 875 g/mol. The Morgan fingerprint density at radius 3 is 1.06 bits per heavy atom. The second kappa shape index (κ2) is 17.5. The summed E-state index contributed by atoms with van der Waals surface area (Å²) in [6.07, 6.45) is 11.0. The summed E-state index contributed by atoms with van der Waals surface area (Å²) in [5, 5.41) is 32.0. The van der Waals surface area contributed by atoms with Crippen LogP contribution in [0.5, 0.6) is 0 Å². The van der Waals surface area contributed by atoms with Gasteiger partial charge in [0.15, 0.2) is 11.6 Å². The molecule has 69 heavy (non-hydrogen) atoms. The van der Waals surface area contributed by atoms with Crippen LogP contribution in [0.3, 0.4) is 0 Å². The van der Waals surface area contributed by atoms with Gasteiger partial charge in [-0.05, 0) is 138 Å². The molecule has 0 atom stereocenters. The molecule has 14 nitrogen and oxygen atoms in total. The molecule has 14 heteroatoms. The van der Waals surface area contributed by atoms with Crippen molar-refractivity contribution in [2.75, 3.05) is 6.54 Å². The van der Waals surface area contributed by atoms with Gasteiger partial charge in [-0.15, -0.1) is 0 Å². The van der Waals surface area contributed by atoms with Gasteiger partial charge in [0.2, 0.25) is 0 Å². The van der Waals surface area contributed by atoms with Crippen LogP contribution in [0.4, 0.5) is 0 Å². The number of nitrogens with zero attached hydrogens (tertiary/aromatic N) is 2. The summed E-state index contributed by atoms with van der Waals surface area (Å²) < 4.78 is 0. The number of carboxylic acids is 3. The van der Waals surface area contributed by atoms with Crippen molar-refractivity contribution in [3.63, 3.8) is 0 Å². The Labute approximate surface area is 391 Å². The molecule has 7 aromatic rings. The van der Waals surface area contributed by atoms with Gasteiger partial charge < -0.3 is 30.6 Å². The number of aromatic carboxylic acids is 3. The minimum absolute atomic E-state index is 0.102. The average Bonchev–Trinajstić information content (AvgIpc) is 4.21. The van der Waals surface area contributed by atoms with Crippen LogP contribution in [0.2, 0.25) is 0 Å². The van der Waals surface area contributed by atoms with Gasteiger partial charge in [-0.3, -0.25) is 14.4 Å². The highest BCUT2D eigenvalue weighted by atomic mass is 16.4. The largest absolute Gasteiger partial charge is 0.478 e. The van der Waals surface area contributed by atoms with E-state index in [1.165, 1.54) is 54.6 Å². The molecule has 10 rings (SSSR count). The molecule has 0 spiro atoms. The quantitative estimate of drug-likeness (QED) is 0.0707. The van der Waals surface area contributed by atoms with Crippen molar-refractivity contribution >= 4 is 81.8 Å². The highest BCUT2D eigenvalue weighted by Gasteiger charge is 2.21. The van der Waals surface area contributed by atoms with Crippen LogP contribution in [0, 0.1) is 0 Å². The van der Waals surface area contributed by atoms with E-state index in [-0.39, 0.29) is 40.4 Å². The lowest BCUT2D eigenvalue weighted by molar-refractivity contribution is -0.114. The SMILES string of the molecule is O=C1C=CC(=O)C(CNC(=O)c2ccc(-c3c4nc(c(-c5ccc(C(=O)O)cc5)c5ccc([nH]5)c(-c5ccc(C(=O)O)cc5)c5nc(c(-c6ccc(C(=O)O)cc6)c6ccc3[nH]6)C=C5)C=C4)cc2)=C1. The first-order valence-electron chi connectivity index (χ1n) is 21.4. The van der Waals surface area contributed by atoms with Crippen LogP contribution >= 0.6 is 0 Å². The number of carboxylic acid groups (broad SMARTS) is 3. The van der Waals surface area contributed by atoms with Gasteiger partial charge in [-0.1, -0.05) is 48.5 Å². The normalized spacial score (nSPS) is 12.8. The van der Waals surface area contributed by atoms with Crippen molar-refractivity contribution in [1.29, 1.82) is 0 Å². The Bertz CT molecular complexity index is 3610. The van der Waals surface area contributed by atoms with Crippen molar-refractivity contribution in [2.45, 2.75) is 0 Å². The maximum Gasteiger partial charge on any atom is 0.335 e. The maximum absolute atomic E-state index is 13.4. The number of aromatic amines is 2. The summed E-state index contributed by atoms with van der Waals surface area (Å²) >= 11 is 0. The number of carbonyl (C=O) groups is 6. The van der Waals surface area contributed by atoms with Crippen LogP contribution in [0.1, 0.15) is 64.2 Å². The molecule has 334 valence electrons.